The Kier molecular flexibility index (Phi) is 6.28. The molecule has 11 nitrogen and oxygen atoms in total. The van der Waals surface area contributed by atoms with Crippen LogP contribution in [0.3, 0.4) is 0 Å². The van der Waals surface area contributed by atoms with Crippen LogP contribution in [-0.2, 0) is 18.7 Å². The molecule has 5 atom stereocenters. The van der Waals surface area contributed by atoms with Crippen molar-refractivity contribution >= 4 is 49.4 Å². The Labute approximate surface area is 205 Å². The fourth-order valence-corrected chi connectivity index (χ4v) is 5.70. The lowest BCUT2D eigenvalue weighted by atomic mass is 9.82. The van der Waals surface area contributed by atoms with Crippen molar-refractivity contribution in [2.75, 3.05) is 11.1 Å². The zero-order valence-electron chi connectivity index (χ0n) is 20.9. The minimum Gasteiger partial charge on any atom is -0.456 e. The topological polar surface area (TPSA) is 150 Å². The van der Waals surface area contributed by atoms with E-state index in [2.05, 4.69) is 15.3 Å². The number of nitrogens with two attached hydrogens (primary N) is 1. The fraction of sp³-hybridized carbons (Fsp3) is 0.565. The van der Waals surface area contributed by atoms with Gasteiger partial charge in [-0.05, 0) is 25.4 Å². The molecular formula is C23H32N5O6Si. The maximum Gasteiger partial charge on any atom is 0.303 e. The molecule has 4 rings (SSSR count). The van der Waals surface area contributed by atoms with Crippen LogP contribution < -0.4 is 16.6 Å². The summed E-state index contributed by atoms with van der Waals surface area (Å²) in [6.07, 6.45) is -0.174. The number of aromatic nitrogens is 2. The van der Waals surface area contributed by atoms with Crippen LogP contribution in [0.25, 0.3) is 10.8 Å². The van der Waals surface area contributed by atoms with Crippen LogP contribution >= 0.6 is 0 Å². The van der Waals surface area contributed by atoms with Gasteiger partial charge in [-0.1, -0.05) is 20.8 Å². The van der Waals surface area contributed by atoms with Crippen LogP contribution in [0.2, 0.25) is 13.1 Å². The molecule has 0 bridgehead atoms. The standard InChI is InChI=1S/C23H32N5O6Si/c1-11(29)32-18-16(17(22(2,3)4)34-35(6)7)33-21(23(18,5)31)28-9-12-13(24)8-14(30)27-19-15(12)20(28)26-10-25-19/h8-10,16-18,21,31H,24H2,1-7H3,(H,25,26,27,30). The molecule has 5 unspecified atom stereocenters. The Hall–Kier alpha value is -2.80. The van der Waals surface area contributed by atoms with E-state index >= 15 is 0 Å². The van der Waals surface area contributed by atoms with Gasteiger partial charge in [0.05, 0.1) is 17.8 Å². The van der Waals surface area contributed by atoms with Crippen molar-refractivity contribution in [3.05, 3.63) is 22.6 Å². The fourth-order valence-electron chi connectivity index (χ4n) is 4.71. The SMILES string of the molecule is CC(=O)OC1C(C(O[Si](C)C)C(C)(C)C)OC(n2cc3c(N)cc(=O)nc4c3c2N=CN4)C1(C)O. The molecule has 35 heavy (non-hydrogen) atoms. The third kappa shape index (κ3) is 4.46. The lowest BCUT2D eigenvalue weighted by Gasteiger charge is -2.38. The van der Waals surface area contributed by atoms with E-state index < -0.39 is 50.7 Å². The van der Waals surface area contributed by atoms with Gasteiger partial charge in [0.25, 0.3) is 5.56 Å². The van der Waals surface area contributed by atoms with Crippen molar-refractivity contribution in [1.29, 1.82) is 0 Å². The van der Waals surface area contributed by atoms with Gasteiger partial charge in [-0.15, -0.1) is 0 Å². The normalized spacial score (nSPS) is 26.7. The third-order valence-electron chi connectivity index (χ3n) is 6.16. The van der Waals surface area contributed by atoms with Crippen LogP contribution in [-0.4, -0.2) is 59.9 Å². The van der Waals surface area contributed by atoms with Gasteiger partial charge in [0.15, 0.2) is 12.3 Å². The molecule has 4 heterocycles. The molecule has 2 aromatic heterocycles. The summed E-state index contributed by atoms with van der Waals surface area (Å²) in [5.41, 5.74) is 3.88. The summed E-state index contributed by atoms with van der Waals surface area (Å²) in [4.78, 5) is 32.7. The van der Waals surface area contributed by atoms with Gasteiger partial charge in [0.1, 0.15) is 23.3 Å². The van der Waals surface area contributed by atoms with E-state index in [1.807, 2.05) is 33.9 Å². The minimum absolute atomic E-state index is 0.216. The zero-order valence-corrected chi connectivity index (χ0v) is 21.9. The van der Waals surface area contributed by atoms with Crippen LogP contribution in [0, 0.1) is 5.41 Å². The highest BCUT2D eigenvalue weighted by atomic mass is 28.3. The highest BCUT2D eigenvalue weighted by Crippen LogP contribution is 2.48. The van der Waals surface area contributed by atoms with Crippen molar-refractivity contribution in [2.45, 2.75) is 77.9 Å². The second kappa shape index (κ2) is 8.70. The Morgan fingerprint density at radius 2 is 2.09 bits per heavy atom. The highest BCUT2D eigenvalue weighted by molar-refractivity contribution is 6.48. The van der Waals surface area contributed by atoms with E-state index in [9.17, 15) is 14.7 Å². The number of carbonyl (C=O) groups excluding carboxylic acids is 1. The molecule has 1 fully saturated rings. The average Bonchev–Trinajstić information content (AvgIpc) is 3.17. The number of esters is 1. The van der Waals surface area contributed by atoms with Crippen molar-refractivity contribution in [2.24, 2.45) is 10.4 Å². The highest BCUT2D eigenvalue weighted by Gasteiger charge is 2.60. The molecule has 189 valence electrons. The lowest BCUT2D eigenvalue weighted by molar-refractivity contribution is -0.164. The van der Waals surface area contributed by atoms with Crippen molar-refractivity contribution in [3.63, 3.8) is 0 Å². The van der Waals surface area contributed by atoms with E-state index in [4.69, 9.17) is 19.6 Å². The molecule has 2 aliphatic heterocycles. The summed E-state index contributed by atoms with van der Waals surface area (Å²) in [5, 5.41) is 15.7. The Morgan fingerprint density at radius 3 is 2.69 bits per heavy atom. The van der Waals surface area contributed by atoms with Gasteiger partial charge in [0, 0.05) is 30.3 Å². The number of hydrogen-bond donors (Lipinski definition) is 3. The monoisotopic (exact) mass is 502 g/mol. The first kappa shape index (κ1) is 25.3. The van der Waals surface area contributed by atoms with Crippen molar-refractivity contribution in [1.82, 2.24) is 9.55 Å². The maximum atomic E-state index is 12.1. The number of ether oxygens (including phenoxy) is 2. The number of nitrogen functional groups attached to an aromatic ring is 1. The summed E-state index contributed by atoms with van der Waals surface area (Å²) in [5.74, 6) is 0.166. The Balaban J connectivity index is 1.90. The number of rotatable bonds is 5. The van der Waals surface area contributed by atoms with Crippen LogP contribution in [0.1, 0.15) is 40.8 Å². The number of hydrogen-bond acceptors (Lipinski definition) is 10. The average molecular weight is 503 g/mol. The van der Waals surface area contributed by atoms with Gasteiger partial charge < -0.3 is 34.6 Å². The Bertz CT molecular complexity index is 1250. The van der Waals surface area contributed by atoms with Gasteiger partial charge in [-0.2, -0.15) is 4.98 Å². The molecule has 0 aromatic carbocycles. The van der Waals surface area contributed by atoms with Gasteiger partial charge in [-0.3, -0.25) is 9.59 Å². The molecule has 2 aliphatic rings. The Morgan fingerprint density at radius 1 is 1.40 bits per heavy atom. The predicted molar refractivity (Wildman–Crippen MR) is 134 cm³/mol. The van der Waals surface area contributed by atoms with Crippen LogP contribution in [0.5, 0.6) is 0 Å². The molecule has 1 radical (unpaired) electrons. The van der Waals surface area contributed by atoms with Crippen LogP contribution in [0.15, 0.2) is 22.1 Å². The second-order valence-corrected chi connectivity index (χ2v) is 12.5. The number of aliphatic imine (C=N–C) groups is 1. The van der Waals surface area contributed by atoms with Gasteiger partial charge >= 0.3 is 5.97 Å². The molecule has 1 saturated heterocycles. The summed E-state index contributed by atoms with van der Waals surface area (Å²) >= 11 is 0. The van der Waals surface area contributed by atoms with E-state index in [0.29, 0.717) is 22.4 Å². The number of nitrogens with zero attached hydrogens (tertiary/aromatic N) is 3. The second-order valence-electron chi connectivity index (χ2n) is 10.5. The number of anilines is 2. The number of aliphatic hydroxyl groups is 1. The first-order valence-corrected chi connectivity index (χ1v) is 13.8. The molecule has 0 aliphatic carbocycles. The predicted octanol–water partition coefficient (Wildman–Crippen LogP) is 2.33. The smallest absolute Gasteiger partial charge is 0.303 e. The largest absolute Gasteiger partial charge is 0.456 e. The molecule has 4 N–H and O–H groups in total. The summed E-state index contributed by atoms with van der Waals surface area (Å²) in [6, 6.07) is 1.24. The molecule has 0 saturated carbocycles. The van der Waals surface area contributed by atoms with E-state index in [0.717, 1.165) is 0 Å². The summed E-state index contributed by atoms with van der Waals surface area (Å²) < 4.78 is 20.1. The molecule has 12 heteroatoms. The molecule has 2 aromatic rings. The first-order valence-electron chi connectivity index (χ1n) is 11.4. The molecular weight excluding hydrogens is 470 g/mol. The maximum absolute atomic E-state index is 12.1. The number of nitrogens with one attached hydrogen (secondary N) is 1. The van der Waals surface area contributed by atoms with Crippen molar-refractivity contribution in [3.8, 4) is 0 Å². The minimum atomic E-state index is -1.66. The lowest BCUT2D eigenvalue weighted by Crippen LogP contribution is -2.53. The quantitative estimate of drug-likeness (QED) is 0.413. The molecule has 0 spiro atoms. The van der Waals surface area contributed by atoms with Gasteiger partial charge in [-0.25, -0.2) is 4.99 Å². The first-order chi connectivity index (χ1) is 16.2. The van der Waals surface area contributed by atoms with E-state index in [1.165, 1.54) is 19.3 Å². The van der Waals surface area contributed by atoms with Crippen LogP contribution in [0.4, 0.5) is 17.3 Å². The third-order valence-corrected chi connectivity index (χ3v) is 6.89. The number of carbonyl (C=O) groups is 1. The summed E-state index contributed by atoms with van der Waals surface area (Å²) in [6.45, 7) is 12.9. The molecule has 0 amide bonds. The van der Waals surface area contributed by atoms with E-state index in [1.54, 1.807) is 17.7 Å². The van der Waals surface area contributed by atoms with E-state index in [-0.39, 0.29) is 11.1 Å². The summed E-state index contributed by atoms with van der Waals surface area (Å²) in [7, 11) is -1.16. The van der Waals surface area contributed by atoms with Crippen molar-refractivity contribution < 1.29 is 23.8 Å². The zero-order chi connectivity index (χ0) is 25.9. The van der Waals surface area contributed by atoms with Gasteiger partial charge in [0.2, 0.25) is 9.04 Å².